The minimum absolute atomic E-state index is 0.0396. The van der Waals surface area contributed by atoms with Crippen LogP contribution in [0.3, 0.4) is 0 Å². The number of aliphatic carboxylic acids is 1. The van der Waals surface area contributed by atoms with Gasteiger partial charge >= 0.3 is 11.9 Å². The quantitative estimate of drug-likeness (QED) is 0.426. The van der Waals surface area contributed by atoms with Crippen LogP contribution in [-0.4, -0.2) is 29.9 Å². The third kappa shape index (κ3) is 3.69. The van der Waals surface area contributed by atoms with Crippen LogP contribution in [0.2, 0.25) is 0 Å². The molecule has 17 heavy (non-hydrogen) atoms. The van der Waals surface area contributed by atoms with E-state index in [-0.39, 0.29) is 24.0 Å². The van der Waals surface area contributed by atoms with E-state index in [9.17, 15) is 14.4 Å². The third-order valence-corrected chi connectivity index (χ3v) is 2.89. The Labute approximate surface area is 99.5 Å². The summed E-state index contributed by atoms with van der Waals surface area (Å²) in [6, 6.07) is 0. The van der Waals surface area contributed by atoms with Crippen LogP contribution in [-0.2, 0) is 19.1 Å². The number of carboxylic acids is 1. The Morgan fingerprint density at radius 3 is 2.53 bits per heavy atom. The first-order valence-electron chi connectivity index (χ1n) is 5.45. The second kappa shape index (κ2) is 5.61. The smallest absolute Gasteiger partial charge is 0.316 e. The molecule has 94 valence electrons. The molecule has 0 aliphatic heterocycles. The Morgan fingerprint density at radius 1 is 1.47 bits per heavy atom. The fourth-order valence-corrected chi connectivity index (χ4v) is 1.67. The Balaban J connectivity index is 2.43. The van der Waals surface area contributed by atoms with Crippen LogP contribution < -0.4 is 0 Å². The van der Waals surface area contributed by atoms with Crippen molar-refractivity contribution < 1.29 is 24.2 Å². The highest BCUT2D eigenvalue weighted by molar-refractivity contribution is 5.97. The maximum atomic E-state index is 11.2. The monoisotopic (exact) mass is 240 g/mol. The molecule has 1 rings (SSSR count). The highest BCUT2D eigenvalue weighted by atomic mass is 16.5. The average Bonchev–Trinajstić information content (AvgIpc) is 3.02. The van der Waals surface area contributed by atoms with Crippen molar-refractivity contribution in [3.8, 4) is 0 Å². The average molecular weight is 240 g/mol. The van der Waals surface area contributed by atoms with Gasteiger partial charge in [0.25, 0.3) is 0 Å². The maximum absolute atomic E-state index is 11.2. The van der Waals surface area contributed by atoms with Crippen LogP contribution in [0, 0.1) is 17.8 Å². The first-order valence-corrected chi connectivity index (χ1v) is 5.45. The summed E-state index contributed by atoms with van der Waals surface area (Å²) in [5.41, 5.74) is 0. The Bertz CT molecular complexity index is 358. The summed E-state index contributed by atoms with van der Waals surface area (Å²) in [7, 11) is 1.24. The van der Waals surface area contributed by atoms with E-state index in [2.05, 4.69) is 4.74 Å². The molecular formula is C12H16O5. The molecule has 5 heteroatoms. The van der Waals surface area contributed by atoms with Crippen LogP contribution in [0.25, 0.3) is 0 Å². The topological polar surface area (TPSA) is 80.7 Å². The second-order valence-corrected chi connectivity index (χ2v) is 4.19. The third-order valence-electron chi connectivity index (χ3n) is 2.89. The standard InChI is InChI=1S/C12H16O5/c1-7(13)9(12(16)17-2)5-3-4-8-6-10(8)11(14)15/h3-4,8-10H,5-6H2,1-2H3,(H,14,15)/b4-3+/t8-,9?,10+/m0/s1. The number of carbonyl (C=O) groups is 3. The van der Waals surface area contributed by atoms with Gasteiger partial charge in [0.05, 0.1) is 13.0 Å². The molecule has 1 saturated carbocycles. The van der Waals surface area contributed by atoms with Gasteiger partial charge < -0.3 is 9.84 Å². The molecule has 1 unspecified atom stereocenters. The van der Waals surface area contributed by atoms with Crippen molar-refractivity contribution in [3.05, 3.63) is 12.2 Å². The van der Waals surface area contributed by atoms with Crippen molar-refractivity contribution in [1.29, 1.82) is 0 Å². The van der Waals surface area contributed by atoms with E-state index < -0.39 is 17.9 Å². The molecule has 0 heterocycles. The van der Waals surface area contributed by atoms with Crippen molar-refractivity contribution in [2.45, 2.75) is 19.8 Å². The van der Waals surface area contributed by atoms with Gasteiger partial charge in [-0.2, -0.15) is 0 Å². The Morgan fingerprint density at radius 2 is 2.12 bits per heavy atom. The van der Waals surface area contributed by atoms with Gasteiger partial charge in [0, 0.05) is 0 Å². The second-order valence-electron chi connectivity index (χ2n) is 4.19. The van der Waals surface area contributed by atoms with Crippen molar-refractivity contribution in [3.63, 3.8) is 0 Å². The van der Waals surface area contributed by atoms with Crippen LogP contribution in [0.1, 0.15) is 19.8 Å². The zero-order valence-electron chi connectivity index (χ0n) is 9.88. The number of hydrogen-bond donors (Lipinski definition) is 1. The maximum Gasteiger partial charge on any atom is 0.316 e. The molecule has 5 nitrogen and oxygen atoms in total. The first-order chi connectivity index (χ1) is 7.97. The number of hydrogen-bond acceptors (Lipinski definition) is 4. The molecule has 1 aliphatic rings. The van der Waals surface area contributed by atoms with E-state index in [4.69, 9.17) is 5.11 Å². The number of esters is 1. The van der Waals surface area contributed by atoms with E-state index >= 15 is 0 Å². The van der Waals surface area contributed by atoms with Gasteiger partial charge in [-0.15, -0.1) is 0 Å². The molecule has 1 N–H and O–H groups in total. The largest absolute Gasteiger partial charge is 0.481 e. The number of ketones is 1. The summed E-state index contributed by atoms with van der Waals surface area (Å²) in [5, 5.41) is 8.68. The lowest BCUT2D eigenvalue weighted by molar-refractivity contribution is -0.148. The molecule has 0 radical (unpaired) electrons. The van der Waals surface area contributed by atoms with E-state index in [1.165, 1.54) is 14.0 Å². The lowest BCUT2D eigenvalue weighted by Gasteiger charge is -2.07. The number of methoxy groups -OCH3 is 1. The van der Waals surface area contributed by atoms with Crippen molar-refractivity contribution in [2.24, 2.45) is 17.8 Å². The first kappa shape index (κ1) is 13.4. The zero-order valence-corrected chi connectivity index (χ0v) is 9.88. The van der Waals surface area contributed by atoms with Crippen LogP contribution >= 0.6 is 0 Å². The van der Waals surface area contributed by atoms with Gasteiger partial charge in [0.15, 0.2) is 0 Å². The van der Waals surface area contributed by atoms with Gasteiger partial charge in [0.1, 0.15) is 11.7 Å². The normalized spacial score (nSPS) is 24.4. The SMILES string of the molecule is COC(=O)C(C/C=C/[C@H]1C[C@H]1C(=O)O)C(C)=O. The molecular weight excluding hydrogens is 224 g/mol. The summed E-state index contributed by atoms with van der Waals surface area (Å²) in [5.74, 6) is -2.63. The Hall–Kier alpha value is -1.65. The molecule has 0 aromatic rings. The number of allylic oxidation sites excluding steroid dienone is 2. The predicted molar refractivity (Wildman–Crippen MR) is 59.2 cm³/mol. The summed E-state index contributed by atoms with van der Waals surface area (Å²) in [6.45, 7) is 1.34. The molecule has 3 atom stereocenters. The predicted octanol–water partition coefficient (Wildman–Crippen LogP) is 1.03. The van der Waals surface area contributed by atoms with E-state index in [1.807, 2.05) is 0 Å². The van der Waals surface area contributed by atoms with Gasteiger partial charge in [0.2, 0.25) is 0 Å². The van der Waals surface area contributed by atoms with E-state index in [1.54, 1.807) is 12.2 Å². The summed E-state index contributed by atoms with van der Waals surface area (Å²) in [4.78, 5) is 33.0. The number of carboxylic acid groups (broad SMARTS) is 1. The number of ether oxygens (including phenoxy) is 1. The lowest BCUT2D eigenvalue weighted by Crippen LogP contribution is -2.22. The Kier molecular flexibility index (Phi) is 4.43. The molecule has 0 amide bonds. The fourth-order valence-electron chi connectivity index (χ4n) is 1.67. The molecule has 0 spiro atoms. The molecule has 0 saturated heterocycles. The van der Waals surface area contributed by atoms with E-state index in [0.29, 0.717) is 6.42 Å². The number of carbonyl (C=O) groups excluding carboxylic acids is 2. The molecule has 0 bridgehead atoms. The number of Topliss-reactive ketones (excluding diaryl/α,β-unsaturated/α-hetero) is 1. The highest BCUT2D eigenvalue weighted by Gasteiger charge is 2.41. The summed E-state index contributed by atoms with van der Waals surface area (Å²) >= 11 is 0. The minimum atomic E-state index is -0.796. The summed E-state index contributed by atoms with van der Waals surface area (Å²) < 4.78 is 4.52. The van der Waals surface area contributed by atoms with Gasteiger partial charge in [-0.1, -0.05) is 12.2 Å². The molecule has 0 aromatic carbocycles. The van der Waals surface area contributed by atoms with Gasteiger partial charge in [-0.05, 0) is 25.7 Å². The van der Waals surface area contributed by atoms with E-state index in [0.717, 1.165) is 0 Å². The molecule has 1 fully saturated rings. The van der Waals surface area contributed by atoms with Gasteiger partial charge in [-0.25, -0.2) is 0 Å². The van der Waals surface area contributed by atoms with Crippen molar-refractivity contribution in [2.75, 3.05) is 7.11 Å². The van der Waals surface area contributed by atoms with Crippen LogP contribution in [0.15, 0.2) is 12.2 Å². The lowest BCUT2D eigenvalue weighted by atomic mass is 10.0. The molecule has 1 aliphatic carbocycles. The fraction of sp³-hybridized carbons (Fsp3) is 0.583. The zero-order chi connectivity index (χ0) is 13.0. The highest BCUT2D eigenvalue weighted by Crippen LogP contribution is 2.39. The molecule has 0 aromatic heterocycles. The number of rotatable bonds is 6. The summed E-state index contributed by atoms with van der Waals surface area (Å²) in [6.07, 6.45) is 4.36. The van der Waals surface area contributed by atoms with Crippen LogP contribution in [0.5, 0.6) is 0 Å². The minimum Gasteiger partial charge on any atom is -0.481 e. The van der Waals surface area contributed by atoms with Crippen LogP contribution in [0.4, 0.5) is 0 Å². The van der Waals surface area contributed by atoms with Crippen molar-refractivity contribution >= 4 is 17.7 Å². The van der Waals surface area contributed by atoms with Gasteiger partial charge in [-0.3, -0.25) is 14.4 Å². The van der Waals surface area contributed by atoms with Crippen molar-refractivity contribution in [1.82, 2.24) is 0 Å².